The van der Waals surface area contributed by atoms with Crippen molar-refractivity contribution in [1.82, 2.24) is 5.32 Å². The van der Waals surface area contributed by atoms with E-state index in [1.165, 1.54) is 11.6 Å². The minimum absolute atomic E-state index is 0.322. The van der Waals surface area contributed by atoms with Crippen LogP contribution >= 0.6 is 0 Å². The highest BCUT2D eigenvalue weighted by molar-refractivity contribution is 5.32. The molecule has 0 bridgehead atoms. The predicted octanol–water partition coefficient (Wildman–Crippen LogP) is 3.26. The summed E-state index contributed by atoms with van der Waals surface area (Å²) >= 11 is 0. The van der Waals surface area contributed by atoms with Crippen LogP contribution in [0, 0.1) is 17.4 Å². The average molecular weight is 178 g/mol. The van der Waals surface area contributed by atoms with E-state index in [4.69, 9.17) is 0 Å². The maximum Gasteiger partial charge on any atom is 0.0884 e. The van der Waals surface area contributed by atoms with Crippen molar-refractivity contribution in [3.63, 3.8) is 0 Å². The summed E-state index contributed by atoms with van der Waals surface area (Å²) in [5.74, 6) is 0.564. The Labute approximate surface area is 81.9 Å². The van der Waals surface area contributed by atoms with Crippen molar-refractivity contribution in [3.8, 4) is 0 Å². The first-order valence-corrected chi connectivity index (χ1v) is 4.90. The third-order valence-electron chi connectivity index (χ3n) is 2.84. The van der Waals surface area contributed by atoms with Crippen LogP contribution in [0.25, 0.3) is 0 Å². The molecule has 0 aromatic heterocycles. The number of rotatable bonds is 1. The van der Waals surface area contributed by atoms with Gasteiger partial charge in [-0.2, -0.15) is 0 Å². The molecule has 0 saturated heterocycles. The first-order valence-electron chi connectivity index (χ1n) is 4.90. The van der Waals surface area contributed by atoms with Crippen molar-refractivity contribution in [2.75, 3.05) is 0 Å². The second-order valence-corrected chi connectivity index (χ2v) is 4.85. The maximum atomic E-state index is 3.34. The Bertz CT molecular complexity index is 230. The average Bonchev–Trinajstić information content (AvgIpc) is 2.02. The van der Waals surface area contributed by atoms with Crippen molar-refractivity contribution in [2.45, 2.75) is 34.6 Å². The Morgan fingerprint density at radius 3 is 2.38 bits per heavy atom. The van der Waals surface area contributed by atoms with Crippen molar-refractivity contribution in [2.24, 2.45) is 11.3 Å². The second kappa shape index (κ2) is 3.57. The van der Waals surface area contributed by atoms with Gasteiger partial charge in [-0.25, -0.2) is 0 Å². The molecule has 13 heavy (non-hydrogen) atoms. The molecular formula is C12H20N. The standard InChI is InChI=1S/C12H20N/c1-9-7-6-8-13-11(9)10(2)12(3,4)5/h6-8,10,13H,1-5H3. The second-order valence-electron chi connectivity index (χ2n) is 4.85. The van der Waals surface area contributed by atoms with E-state index in [1.807, 2.05) is 12.3 Å². The van der Waals surface area contributed by atoms with Crippen LogP contribution in [0.4, 0.5) is 0 Å². The fourth-order valence-electron chi connectivity index (χ4n) is 1.43. The topological polar surface area (TPSA) is 12.0 Å². The molecule has 1 heterocycles. The lowest BCUT2D eigenvalue weighted by atomic mass is 9.75. The van der Waals surface area contributed by atoms with E-state index in [1.54, 1.807) is 0 Å². The van der Waals surface area contributed by atoms with Crippen molar-refractivity contribution in [1.29, 1.82) is 0 Å². The fourth-order valence-corrected chi connectivity index (χ4v) is 1.43. The highest BCUT2D eigenvalue weighted by Crippen LogP contribution is 2.35. The third-order valence-corrected chi connectivity index (χ3v) is 2.84. The van der Waals surface area contributed by atoms with Gasteiger partial charge in [0.25, 0.3) is 0 Å². The van der Waals surface area contributed by atoms with Gasteiger partial charge >= 0.3 is 0 Å². The van der Waals surface area contributed by atoms with Crippen LogP contribution in [0.15, 0.2) is 23.9 Å². The molecule has 1 aliphatic heterocycles. The minimum Gasteiger partial charge on any atom is -0.379 e. The van der Waals surface area contributed by atoms with Crippen LogP contribution in [0.2, 0.25) is 0 Å². The fraction of sp³-hybridized carbons (Fsp3) is 0.583. The first-order chi connectivity index (χ1) is 5.93. The first kappa shape index (κ1) is 10.4. The van der Waals surface area contributed by atoms with Crippen molar-refractivity contribution >= 4 is 0 Å². The Kier molecular flexibility index (Phi) is 2.84. The summed E-state index contributed by atoms with van der Waals surface area (Å²) in [6, 6.07) is 1.36. The summed E-state index contributed by atoms with van der Waals surface area (Å²) in [5.41, 5.74) is 1.67. The van der Waals surface area contributed by atoms with Gasteiger partial charge in [0, 0.05) is 0 Å². The highest BCUT2D eigenvalue weighted by Gasteiger charge is 2.29. The quantitative estimate of drug-likeness (QED) is 0.650. The largest absolute Gasteiger partial charge is 0.379 e. The van der Waals surface area contributed by atoms with Crippen LogP contribution < -0.4 is 5.32 Å². The molecule has 0 aromatic rings. The molecule has 1 N–H and O–H groups in total. The third kappa shape index (κ3) is 2.36. The monoisotopic (exact) mass is 178 g/mol. The molecule has 1 rings (SSSR count). The summed E-state index contributed by atoms with van der Waals surface area (Å²) in [7, 11) is 0. The summed E-state index contributed by atoms with van der Waals surface area (Å²) in [6.45, 7) is 11.3. The molecular weight excluding hydrogens is 158 g/mol. The van der Waals surface area contributed by atoms with E-state index in [9.17, 15) is 0 Å². The van der Waals surface area contributed by atoms with Gasteiger partial charge in [-0.1, -0.05) is 33.8 Å². The predicted molar refractivity (Wildman–Crippen MR) is 57.9 cm³/mol. The Morgan fingerprint density at radius 2 is 1.92 bits per heavy atom. The molecule has 0 saturated carbocycles. The van der Waals surface area contributed by atoms with E-state index >= 15 is 0 Å². The molecule has 0 aliphatic carbocycles. The summed E-state index contributed by atoms with van der Waals surface area (Å²) in [5, 5.41) is 3.34. The van der Waals surface area contributed by atoms with Gasteiger partial charge in [-0.05, 0) is 36.1 Å². The van der Waals surface area contributed by atoms with Gasteiger partial charge in [0.15, 0.2) is 0 Å². The number of nitrogens with one attached hydrogen (secondary N) is 1. The van der Waals surface area contributed by atoms with Crippen LogP contribution in [0.1, 0.15) is 34.6 Å². The van der Waals surface area contributed by atoms with Gasteiger partial charge in [0.2, 0.25) is 0 Å². The molecule has 1 nitrogen and oxygen atoms in total. The minimum atomic E-state index is 0.322. The normalized spacial score (nSPS) is 20.8. The van der Waals surface area contributed by atoms with Gasteiger partial charge in [-0.15, -0.1) is 0 Å². The Hall–Kier alpha value is -0.720. The molecule has 1 unspecified atom stereocenters. The van der Waals surface area contributed by atoms with Gasteiger partial charge < -0.3 is 5.32 Å². The van der Waals surface area contributed by atoms with Crippen LogP contribution in [0.5, 0.6) is 0 Å². The zero-order valence-electron chi connectivity index (χ0n) is 9.31. The Balaban J connectivity index is 2.74. The smallest absolute Gasteiger partial charge is 0.0884 e. The summed E-state index contributed by atoms with van der Waals surface area (Å²) in [4.78, 5) is 0. The number of hydrogen-bond donors (Lipinski definition) is 1. The van der Waals surface area contributed by atoms with E-state index in [0.29, 0.717) is 11.3 Å². The van der Waals surface area contributed by atoms with Crippen LogP contribution in [0.3, 0.4) is 0 Å². The van der Waals surface area contributed by atoms with Gasteiger partial charge in [0.1, 0.15) is 0 Å². The lowest BCUT2D eigenvalue weighted by Gasteiger charge is -2.35. The molecule has 0 amide bonds. The molecule has 0 aromatic carbocycles. The Morgan fingerprint density at radius 1 is 1.31 bits per heavy atom. The molecule has 1 heteroatoms. The molecule has 73 valence electrons. The van der Waals surface area contributed by atoms with Gasteiger partial charge in [-0.3, -0.25) is 0 Å². The van der Waals surface area contributed by atoms with E-state index in [-0.39, 0.29) is 0 Å². The molecule has 1 atom stereocenters. The maximum absolute atomic E-state index is 3.34. The zero-order valence-corrected chi connectivity index (χ0v) is 9.31. The van der Waals surface area contributed by atoms with Gasteiger partial charge in [0.05, 0.1) is 6.04 Å². The summed E-state index contributed by atoms with van der Waals surface area (Å²) < 4.78 is 0. The van der Waals surface area contributed by atoms with Crippen molar-refractivity contribution in [3.05, 3.63) is 30.0 Å². The summed E-state index contributed by atoms with van der Waals surface area (Å²) in [6.07, 6.45) is 6.22. The van der Waals surface area contributed by atoms with Crippen LogP contribution in [-0.2, 0) is 0 Å². The van der Waals surface area contributed by atoms with E-state index < -0.39 is 0 Å². The van der Waals surface area contributed by atoms with Crippen LogP contribution in [-0.4, -0.2) is 0 Å². The highest BCUT2D eigenvalue weighted by atomic mass is 14.9. The molecule has 0 spiro atoms. The number of dihydropyridines is 1. The number of hydrogen-bond acceptors (Lipinski definition) is 1. The lowest BCUT2D eigenvalue weighted by molar-refractivity contribution is 0.267. The molecule has 0 fully saturated rings. The molecule has 1 radical (unpaired) electrons. The lowest BCUT2D eigenvalue weighted by Crippen LogP contribution is -2.33. The van der Waals surface area contributed by atoms with E-state index in [2.05, 4.69) is 46.0 Å². The SMILES string of the molecule is CC1=CC=CN[C]1C(C)C(C)(C)C. The number of allylic oxidation sites excluding steroid dienone is 2. The molecule has 1 aliphatic rings. The van der Waals surface area contributed by atoms with E-state index in [0.717, 1.165) is 0 Å². The van der Waals surface area contributed by atoms with Crippen molar-refractivity contribution < 1.29 is 0 Å². The zero-order chi connectivity index (χ0) is 10.1.